The van der Waals surface area contributed by atoms with Gasteiger partial charge in [0.25, 0.3) is 5.91 Å². The first-order valence-corrected chi connectivity index (χ1v) is 7.52. The molecule has 0 unspecified atom stereocenters. The second-order valence-electron chi connectivity index (χ2n) is 4.88. The standard InChI is InChI=1S/C17H13BrN2O2/c1-11-7-8-14(13(18)9-11)19-17(21)15-10-16(22-20-15)12-5-3-2-4-6-12/h2-10H,1H3,(H,19,21). The predicted octanol–water partition coefficient (Wildman–Crippen LogP) is 4.66. The van der Waals surface area contributed by atoms with Gasteiger partial charge in [-0.15, -0.1) is 0 Å². The van der Waals surface area contributed by atoms with E-state index in [0.29, 0.717) is 11.4 Å². The van der Waals surface area contributed by atoms with Gasteiger partial charge in [0.2, 0.25) is 0 Å². The van der Waals surface area contributed by atoms with Crippen LogP contribution in [-0.2, 0) is 0 Å². The molecule has 0 atom stereocenters. The molecule has 0 aliphatic rings. The Labute approximate surface area is 136 Å². The summed E-state index contributed by atoms with van der Waals surface area (Å²) in [7, 11) is 0. The van der Waals surface area contributed by atoms with E-state index in [1.54, 1.807) is 6.07 Å². The van der Waals surface area contributed by atoms with Crippen LogP contribution >= 0.6 is 15.9 Å². The van der Waals surface area contributed by atoms with Crippen molar-refractivity contribution in [3.8, 4) is 11.3 Å². The van der Waals surface area contributed by atoms with Crippen LogP contribution in [0.4, 0.5) is 5.69 Å². The Bertz CT molecular complexity index is 813. The van der Waals surface area contributed by atoms with Crippen LogP contribution in [0.1, 0.15) is 16.1 Å². The number of aryl methyl sites for hydroxylation is 1. The van der Waals surface area contributed by atoms with E-state index >= 15 is 0 Å². The van der Waals surface area contributed by atoms with Crippen molar-refractivity contribution in [3.05, 3.63) is 70.3 Å². The van der Waals surface area contributed by atoms with Gasteiger partial charge in [0.1, 0.15) is 0 Å². The Hall–Kier alpha value is -2.40. The van der Waals surface area contributed by atoms with Crippen molar-refractivity contribution in [2.75, 3.05) is 5.32 Å². The lowest BCUT2D eigenvalue weighted by molar-refractivity contribution is 0.101. The summed E-state index contributed by atoms with van der Waals surface area (Å²) in [5, 5.41) is 6.64. The van der Waals surface area contributed by atoms with Crippen LogP contribution in [0.3, 0.4) is 0 Å². The van der Waals surface area contributed by atoms with E-state index in [0.717, 1.165) is 15.6 Å². The highest BCUT2D eigenvalue weighted by Gasteiger charge is 2.14. The molecule has 1 amide bonds. The Kier molecular flexibility index (Phi) is 4.06. The fourth-order valence-corrected chi connectivity index (χ4v) is 2.62. The minimum absolute atomic E-state index is 0.242. The third kappa shape index (κ3) is 3.09. The fourth-order valence-electron chi connectivity index (χ4n) is 2.03. The number of carbonyl (C=O) groups is 1. The monoisotopic (exact) mass is 356 g/mol. The number of amides is 1. The molecule has 0 aliphatic carbocycles. The summed E-state index contributed by atoms with van der Waals surface area (Å²) in [6.07, 6.45) is 0. The molecule has 0 fully saturated rings. The van der Waals surface area contributed by atoms with Crippen LogP contribution in [0.5, 0.6) is 0 Å². The van der Waals surface area contributed by atoms with Gasteiger partial charge in [0.05, 0.1) is 5.69 Å². The molecule has 0 radical (unpaired) electrons. The smallest absolute Gasteiger partial charge is 0.277 e. The normalized spacial score (nSPS) is 10.5. The van der Waals surface area contributed by atoms with Gasteiger partial charge in [-0.3, -0.25) is 4.79 Å². The molecule has 22 heavy (non-hydrogen) atoms. The first-order valence-electron chi connectivity index (χ1n) is 6.73. The highest BCUT2D eigenvalue weighted by molar-refractivity contribution is 9.10. The van der Waals surface area contributed by atoms with E-state index in [1.807, 2.05) is 55.5 Å². The zero-order chi connectivity index (χ0) is 15.5. The Balaban J connectivity index is 1.80. The average Bonchev–Trinajstić information content (AvgIpc) is 3.01. The maximum atomic E-state index is 12.2. The van der Waals surface area contributed by atoms with E-state index < -0.39 is 0 Å². The van der Waals surface area contributed by atoms with Crippen LogP contribution in [0.25, 0.3) is 11.3 Å². The van der Waals surface area contributed by atoms with Crippen molar-refractivity contribution in [3.63, 3.8) is 0 Å². The number of rotatable bonds is 3. The summed E-state index contributed by atoms with van der Waals surface area (Å²) in [5.41, 5.74) is 2.93. The molecule has 3 aromatic rings. The quantitative estimate of drug-likeness (QED) is 0.741. The van der Waals surface area contributed by atoms with Gasteiger partial charge in [0, 0.05) is 16.1 Å². The number of nitrogens with one attached hydrogen (secondary N) is 1. The molecule has 5 heteroatoms. The molecule has 0 saturated heterocycles. The Morgan fingerprint density at radius 2 is 1.91 bits per heavy atom. The van der Waals surface area contributed by atoms with E-state index in [9.17, 15) is 4.79 Å². The number of anilines is 1. The first-order chi connectivity index (χ1) is 10.6. The van der Waals surface area contributed by atoms with E-state index in [4.69, 9.17) is 4.52 Å². The van der Waals surface area contributed by atoms with Crippen molar-refractivity contribution >= 4 is 27.5 Å². The van der Waals surface area contributed by atoms with Gasteiger partial charge in [-0.2, -0.15) is 0 Å². The van der Waals surface area contributed by atoms with Crippen LogP contribution in [0.15, 0.2) is 63.6 Å². The van der Waals surface area contributed by atoms with Crippen LogP contribution in [0.2, 0.25) is 0 Å². The maximum Gasteiger partial charge on any atom is 0.277 e. The molecule has 1 N–H and O–H groups in total. The number of halogens is 1. The third-order valence-electron chi connectivity index (χ3n) is 3.17. The van der Waals surface area contributed by atoms with Gasteiger partial charge >= 0.3 is 0 Å². The first kappa shape index (κ1) is 14.5. The molecule has 1 aromatic heterocycles. The van der Waals surface area contributed by atoms with Crippen molar-refractivity contribution < 1.29 is 9.32 Å². The summed E-state index contributed by atoms with van der Waals surface area (Å²) in [5.74, 6) is 0.254. The number of hydrogen-bond donors (Lipinski definition) is 1. The largest absolute Gasteiger partial charge is 0.355 e. The zero-order valence-corrected chi connectivity index (χ0v) is 13.4. The second-order valence-corrected chi connectivity index (χ2v) is 5.73. The van der Waals surface area contributed by atoms with Crippen molar-refractivity contribution in [2.24, 2.45) is 0 Å². The molecule has 110 valence electrons. The number of aromatic nitrogens is 1. The Morgan fingerprint density at radius 1 is 1.14 bits per heavy atom. The summed E-state index contributed by atoms with van der Waals surface area (Å²) < 4.78 is 6.06. The molecule has 0 spiro atoms. The molecule has 0 aliphatic heterocycles. The Morgan fingerprint density at radius 3 is 2.64 bits per heavy atom. The summed E-state index contributed by atoms with van der Waals surface area (Å²) in [6, 6.07) is 16.9. The fraction of sp³-hybridized carbons (Fsp3) is 0.0588. The topological polar surface area (TPSA) is 55.1 Å². The van der Waals surface area contributed by atoms with E-state index in [-0.39, 0.29) is 11.6 Å². The number of hydrogen-bond acceptors (Lipinski definition) is 3. The van der Waals surface area contributed by atoms with Crippen LogP contribution in [0, 0.1) is 6.92 Å². The number of nitrogens with zero attached hydrogens (tertiary/aromatic N) is 1. The molecule has 0 bridgehead atoms. The van der Waals surface area contributed by atoms with Crippen molar-refractivity contribution in [1.29, 1.82) is 0 Å². The lowest BCUT2D eigenvalue weighted by Gasteiger charge is -2.06. The maximum absolute atomic E-state index is 12.2. The second kappa shape index (κ2) is 6.15. The molecule has 3 rings (SSSR count). The number of benzene rings is 2. The molecule has 2 aromatic carbocycles. The SMILES string of the molecule is Cc1ccc(NC(=O)c2cc(-c3ccccc3)on2)c(Br)c1. The third-order valence-corrected chi connectivity index (χ3v) is 3.83. The van der Waals surface area contributed by atoms with Gasteiger partial charge in [-0.05, 0) is 40.5 Å². The van der Waals surface area contributed by atoms with Crippen molar-refractivity contribution in [1.82, 2.24) is 5.16 Å². The summed E-state index contributed by atoms with van der Waals surface area (Å²) in [6.45, 7) is 1.99. The van der Waals surface area contributed by atoms with E-state index in [2.05, 4.69) is 26.4 Å². The van der Waals surface area contributed by atoms with Crippen molar-refractivity contribution in [2.45, 2.75) is 6.92 Å². The molecule has 1 heterocycles. The van der Waals surface area contributed by atoms with Crippen LogP contribution < -0.4 is 5.32 Å². The summed E-state index contributed by atoms with van der Waals surface area (Å²) >= 11 is 3.43. The lowest BCUT2D eigenvalue weighted by Crippen LogP contribution is -2.12. The minimum Gasteiger partial charge on any atom is -0.355 e. The number of carbonyl (C=O) groups excluding carboxylic acids is 1. The molecule has 0 saturated carbocycles. The minimum atomic E-state index is -0.310. The predicted molar refractivity (Wildman–Crippen MR) is 88.8 cm³/mol. The van der Waals surface area contributed by atoms with Gasteiger partial charge in [-0.1, -0.05) is 41.6 Å². The van der Waals surface area contributed by atoms with Gasteiger partial charge in [-0.25, -0.2) is 0 Å². The highest BCUT2D eigenvalue weighted by Crippen LogP contribution is 2.25. The van der Waals surface area contributed by atoms with Gasteiger partial charge in [0.15, 0.2) is 11.5 Å². The lowest BCUT2D eigenvalue weighted by atomic mass is 10.1. The molecular formula is C17H13BrN2O2. The molecule has 4 nitrogen and oxygen atoms in total. The van der Waals surface area contributed by atoms with Gasteiger partial charge < -0.3 is 9.84 Å². The molecular weight excluding hydrogens is 344 g/mol. The average molecular weight is 357 g/mol. The zero-order valence-electron chi connectivity index (χ0n) is 11.8. The van der Waals surface area contributed by atoms with Crippen LogP contribution in [-0.4, -0.2) is 11.1 Å². The van der Waals surface area contributed by atoms with E-state index in [1.165, 1.54) is 0 Å². The summed E-state index contributed by atoms with van der Waals surface area (Å²) in [4.78, 5) is 12.2. The highest BCUT2D eigenvalue weighted by atomic mass is 79.9.